The number of halogens is 1. The molecule has 1 heterocycles. The first-order chi connectivity index (χ1) is 8.66. The van der Waals surface area contributed by atoms with Gasteiger partial charge in [-0.15, -0.1) is 12.4 Å². The van der Waals surface area contributed by atoms with Crippen LogP contribution in [0.15, 0.2) is 23.2 Å². The highest BCUT2D eigenvalue weighted by atomic mass is 35.5. The first-order valence-corrected chi connectivity index (χ1v) is 6.09. The van der Waals surface area contributed by atoms with Crippen molar-refractivity contribution in [2.45, 2.75) is 20.3 Å². The number of guanidine groups is 1. The van der Waals surface area contributed by atoms with Crippen LogP contribution < -0.4 is 16.0 Å². The molecule has 0 aromatic heterocycles. The quantitative estimate of drug-likeness (QED) is 0.730. The van der Waals surface area contributed by atoms with Gasteiger partial charge < -0.3 is 16.1 Å². The van der Waals surface area contributed by atoms with Gasteiger partial charge in [0, 0.05) is 18.8 Å². The standard InChI is InChI=1S/C13H18N4O.ClH.H2O/c1-9-5-3-6-10(2)11(9)16-13(18)17-12-14-7-4-8-15-12;;/h3,5-6H,4,7-8H2,1-2H3,(H3,14,15,16,17,18);1H;1H2. The maximum atomic E-state index is 11.8. The highest BCUT2D eigenvalue weighted by Gasteiger charge is 2.10. The molecule has 20 heavy (non-hydrogen) atoms. The molecule has 0 unspecified atom stereocenters. The number of nitrogens with one attached hydrogen (secondary N) is 3. The first kappa shape index (κ1) is 18.2. The van der Waals surface area contributed by atoms with Gasteiger partial charge in [-0.25, -0.2) is 4.79 Å². The van der Waals surface area contributed by atoms with Crippen molar-refractivity contribution in [2.75, 3.05) is 18.4 Å². The monoisotopic (exact) mass is 300 g/mol. The van der Waals surface area contributed by atoms with Crippen molar-refractivity contribution in [1.82, 2.24) is 10.6 Å². The molecule has 6 nitrogen and oxygen atoms in total. The topological polar surface area (TPSA) is 97.0 Å². The Bertz CT molecular complexity index is 471. The highest BCUT2D eigenvalue weighted by molar-refractivity contribution is 6.03. The lowest BCUT2D eigenvalue weighted by Crippen LogP contribution is -2.45. The minimum atomic E-state index is -0.263. The minimum Gasteiger partial charge on any atom is -0.412 e. The van der Waals surface area contributed by atoms with E-state index in [9.17, 15) is 4.79 Å². The van der Waals surface area contributed by atoms with Crippen molar-refractivity contribution in [2.24, 2.45) is 4.99 Å². The summed E-state index contributed by atoms with van der Waals surface area (Å²) in [6.07, 6.45) is 1.00. The van der Waals surface area contributed by atoms with E-state index in [1.54, 1.807) is 0 Å². The van der Waals surface area contributed by atoms with Gasteiger partial charge in [-0.05, 0) is 31.4 Å². The molecule has 1 aliphatic heterocycles. The van der Waals surface area contributed by atoms with Crippen molar-refractivity contribution in [3.8, 4) is 0 Å². The predicted molar refractivity (Wildman–Crippen MR) is 83.9 cm³/mol. The predicted octanol–water partition coefficient (Wildman–Crippen LogP) is 1.37. The molecule has 0 aliphatic carbocycles. The number of urea groups is 1. The number of aliphatic imine (C=N–C) groups is 1. The second-order valence-electron chi connectivity index (χ2n) is 4.36. The van der Waals surface area contributed by atoms with E-state index in [1.807, 2.05) is 32.0 Å². The zero-order valence-corrected chi connectivity index (χ0v) is 12.4. The molecule has 0 saturated heterocycles. The molecule has 112 valence electrons. The van der Waals surface area contributed by atoms with Gasteiger partial charge in [-0.3, -0.25) is 10.3 Å². The van der Waals surface area contributed by atoms with Gasteiger partial charge in [0.15, 0.2) is 5.96 Å². The third-order valence-corrected chi connectivity index (χ3v) is 2.85. The molecule has 1 aromatic carbocycles. The number of anilines is 1. The van der Waals surface area contributed by atoms with Crippen LogP contribution >= 0.6 is 12.4 Å². The van der Waals surface area contributed by atoms with E-state index in [-0.39, 0.29) is 23.9 Å². The van der Waals surface area contributed by atoms with Gasteiger partial charge in [0.1, 0.15) is 0 Å². The molecule has 1 aromatic rings. The van der Waals surface area contributed by atoms with E-state index in [1.165, 1.54) is 0 Å². The van der Waals surface area contributed by atoms with Crippen molar-refractivity contribution < 1.29 is 10.3 Å². The average molecular weight is 301 g/mol. The Labute approximate surface area is 124 Å². The van der Waals surface area contributed by atoms with Gasteiger partial charge in [0.2, 0.25) is 0 Å². The van der Waals surface area contributed by atoms with Crippen molar-refractivity contribution in [3.63, 3.8) is 0 Å². The summed E-state index contributed by atoms with van der Waals surface area (Å²) in [6.45, 7) is 5.55. The highest BCUT2D eigenvalue weighted by Crippen LogP contribution is 2.18. The molecule has 0 saturated carbocycles. The molecule has 7 heteroatoms. The number of benzene rings is 1. The summed E-state index contributed by atoms with van der Waals surface area (Å²) in [5, 5.41) is 8.61. The molecule has 0 radical (unpaired) electrons. The Balaban J connectivity index is 0.00000180. The van der Waals surface area contributed by atoms with Crippen LogP contribution in [-0.4, -0.2) is 30.6 Å². The molecule has 2 rings (SSSR count). The van der Waals surface area contributed by atoms with Crippen LogP contribution in [0.2, 0.25) is 0 Å². The third kappa shape index (κ3) is 4.71. The van der Waals surface area contributed by atoms with Gasteiger partial charge in [-0.2, -0.15) is 0 Å². The lowest BCUT2D eigenvalue weighted by molar-refractivity contribution is 0.255. The molecule has 1 aliphatic rings. The fourth-order valence-corrected chi connectivity index (χ4v) is 1.88. The summed E-state index contributed by atoms with van der Waals surface area (Å²) in [4.78, 5) is 16.0. The summed E-state index contributed by atoms with van der Waals surface area (Å²) in [5.41, 5.74) is 2.94. The first-order valence-electron chi connectivity index (χ1n) is 6.09. The number of rotatable bonds is 1. The Morgan fingerprint density at radius 1 is 1.25 bits per heavy atom. The van der Waals surface area contributed by atoms with Gasteiger partial charge >= 0.3 is 6.03 Å². The minimum absolute atomic E-state index is 0. The van der Waals surface area contributed by atoms with E-state index in [4.69, 9.17) is 0 Å². The van der Waals surface area contributed by atoms with Crippen LogP contribution in [0.25, 0.3) is 0 Å². The average Bonchev–Trinajstić information content (AvgIpc) is 2.35. The molecular weight excluding hydrogens is 280 g/mol. The van der Waals surface area contributed by atoms with Crippen LogP contribution in [0.5, 0.6) is 0 Å². The Kier molecular flexibility index (Phi) is 7.64. The summed E-state index contributed by atoms with van der Waals surface area (Å²) in [6, 6.07) is 5.65. The molecular formula is C13H21ClN4O2. The van der Waals surface area contributed by atoms with Crippen molar-refractivity contribution in [1.29, 1.82) is 0 Å². The molecule has 2 amide bonds. The van der Waals surface area contributed by atoms with Gasteiger partial charge in [0.25, 0.3) is 0 Å². The van der Waals surface area contributed by atoms with E-state index >= 15 is 0 Å². The van der Waals surface area contributed by atoms with Crippen LogP contribution in [0, 0.1) is 13.8 Å². The molecule has 0 atom stereocenters. The number of carbonyl (C=O) groups excluding carboxylic acids is 1. The fourth-order valence-electron chi connectivity index (χ4n) is 1.88. The lowest BCUT2D eigenvalue weighted by Gasteiger charge is -2.16. The Hall–Kier alpha value is -1.79. The van der Waals surface area contributed by atoms with Crippen LogP contribution in [0.4, 0.5) is 10.5 Å². The number of aryl methyl sites for hydroxylation is 2. The SMILES string of the molecule is Cc1cccc(C)c1NC(=O)NC1=NCCCN1.Cl.O. The fraction of sp³-hybridized carbons (Fsp3) is 0.385. The zero-order chi connectivity index (χ0) is 13.0. The number of hydrogen-bond acceptors (Lipinski definition) is 3. The van der Waals surface area contributed by atoms with E-state index in [0.29, 0.717) is 5.96 Å². The number of para-hydroxylation sites is 1. The maximum absolute atomic E-state index is 11.8. The summed E-state index contributed by atoms with van der Waals surface area (Å²) >= 11 is 0. The second kappa shape index (κ2) is 8.39. The van der Waals surface area contributed by atoms with E-state index in [0.717, 1.165) is 36.3 Å². The summed E-state index contributed by atoms with van der Waals surface area (Å²) in [7, 11) is 0. The van der Waals surface area contributed by atoms with Gasteiger partial charge in [-0.1, -0.05) is 18.2 Å². The largest absolute Gasteiger partial charge is 0.412 e. The van der Waals surface area contributed by atoms with Crippen molar-refractivity contribution in [3.05, 3.63) is 29.3 Å². The number of carbonyl (C=O) groups is 1. The summed E-state index contributed by atoms with van der Waals surface area (Å²) in [5.74, 6) is 0.546. The van der Waals surface area contributed by atoms with Crippen LogP contribution in [0.1, 0.15) is 17.5 Å². The van der Waals surface area contributed by atoms with Crippen LogP contribution in [0.3, 0.4) is 0 Å². The summed E-state index contributed by atoms with van der Waals surface area (Å²) < 4.78 is 0. The molecule has 0 fully saturated rings. The zero-order valence-electron chi connectivity index (χ0n) is 11.6. The number of amides is 2. The van der Waals surface area contributed by atoms with Gasteiger partial charge in [0.05, 0.1) is 0 Å². The van der Waals surface area contributed by atoms with E-state index in [2.05, 4.69) is 20.9 Å². The normalized spacial score (nSPS) is 13.0. The smallest absolute Gasteiger partial charge is 0.326 e. The Morgan fingerprint density at radius 2 is 1.90 bits per heavy atom. The molecule has 5 N–H and O–H groups in total. The maximum Gasteiger partial charge on any atom is 0.326 e. The van der Waals surface area contributed by atoms with E-state index < -0.39 is 0 Å². The van der Waals surface area contributed by atoms with Crippen molar-refractivity contribution >= 4 is 30.1 Å². The molecule has 0 bridgehead atoms. The lowest BCUT2D eigenvalue weighted by atomic mass is 10.1. The second-order valence-corrected chi connectivity index (χ2v) is 4.36. The third-order valence-electron chi connectivity index (χ3n) is 2.85. The number of hydrogen-bond donors (Lipinski definition) is 3. The van der Waals surface area contributed by atoms with Crippen LogP contribution in [-0.2, 0) is 0 Å². The molecule has 0 spiro atoms. The Morgan fingerprint density at radius 3 is 2.45 bits per heavy atom. The number of nitrogens with zero attached hydrogens (tertiary/aromatic N) is 1.